The van der Waals surface area contributed by atoms with Gasteiger partial charge < -0.3 is 4.74 Å². The van der Waals surface area contributed by atoms with E-state index in [-0.39, 0.29) is 5.82 Å². The van der Waals surface area contributed by atoms with Gasteiger partial charge in [-0.15, -0.1) is 11.8 Å². The van der Waals surface area contributed by atoms with Crippen LogP contribution in [0, 0.1) is 11.7 Å². The number of ether oxygens (including phenoxy) is 1. The lowest BCUT2D eigenvalue weighted by atomic mass is 10.2. The first-order valence-corrected chi connectivity index (χ1v) is 5.66. The van der Waals surface area contributed by atoms with Crippen LogP contribution in [0.4, 0.5) is 4.39 Å². The molecule has 76 valence electrons. The molecule has 1 saturated heterocycles. The van der Waals surface area contributed by atoms with Crippen LogP contribution in [-0.2, 0) is 4.74 Å². The van der Waals surface area contributed by atoms with Crippen molar-refractivity contribution < 1.29 is 9.13 Å². The lowest BCUT2D eigenvalue weighted by Crippen LogP contribution is -2.02. The molecular weight excluding hydrogens is 201 g/mol. The number of thioether (sulfide) groups is 1. The normalized spacial score (nSPS) is 21.4. The van der Waals surface area contributed by atoms with Crippen LogP contribution in [0.1, 0.15) is 6.42 Å². The van der Waals surface area contributed by atoms with Crippen LogP contribution >= 0.6 is 11.8 Å². The summed E-state index contributed by atoms with van der Waals surface area (Å²) in [5.74, 6) is 1.23. The van der Waals surface area contributed by atoms with Crippen LogP contribution in [0.25, 0.3) is 0 Å². The van der Waals surface area contributed by atoms with Crippen LogP contribution < -0.4 is 0 Å². The third-order valence-electron chi connectivity index (χ3n) is 2.20. The zero-order valence-electron chi connectivity index (χ0n) is 7.78. The zero-order valence-corrected chi connectivity index (χ0v) is 8.60. The Morgan fingerprint density at radius 1 is 1.64 bits per heavy atom. The molecule has 1 atom stereocenters. The number of aromatic nitrogens is 1. The van der Waals surface area contributed by atoms with Gasteiger partial charge in [-0.05, 0) is 24.5 Å². The molecule has 0 N–H and O–H groups in total. The number of halogens is 1. The molecule has 0 amide bonds. The molecule has 1 aliphatic rings. The van der Waals surface area contributed by atoms with Crippen molar-refractivity contribution >= 4 is 11.8 Å². The van der Waals surface area contributed by atoms with Crippen molar-refractivity contribution in [2.45, 2.75) is 11.4 Å². The van der Waals surface area contributed by atoms with Crippen molar-refractivity contribution in [1.29, 1.82) is 0 Å². The monoisotopic (exact) mass is 213 g/mol. The SMILES string of the molecule is Fc1cccnc1SC[C@@H]1CCOC1. The maximum atomic E-state index is 13.1. The van der Waals surface area contributed by atoms with Gasteiger partial charge in [0.1, 0.15) is 5.03 Å². The van der Waals surface area contributed by atoms with Crippen molar-refractivity contribution in [3.05, 3.63) is 24.1 Å². The summed E-state index contributed by atoms with van der Waals surface area (Å²) in [4.78, 5) is 3.99. The minimum absolute atomic E-state index is 0.226. The van der Waals surface area contributed by atoms with E-state index in [2.05, 4.69) is 4.98 Å². The summed E-state index contributed by atoms with van der Waals surface area (Å²) in [6, 6.07) is 3.05. The van der Waals surface area contributed by atoms with Crippen LogP contribution in [0.15, 0.2) is 23.4 Å². The molecule has 14 heavy (non-hydrogen) atoms. The summed E-state index contributed by atoms with van der Waals surface area (Å²) in [6.07, 6.45) is 2.71. The van der Waals surface area contributed by atoms with Crippen LogP contribution in [-0.4, -0.2) is 24.0 Å². The Labute approximate surface area is 86.9 Å². The van der Waals surface area contributed by atoms with E-state index in [9.17, 15) is 4.39 Å². The molecule has 2 rings (SSSR count). The van der Waals surface area contributed by atoms with Crippen LogP contribution in [0.5, 0.6) is 0 Å². The maximum Gasteiger partial charge on any atom is 0.155 e. The van der Waals surface area contributed by atoms with Gasteiger partial charge >= 0.3 is 0 Å². The molecule has 0 radical (unpaired) electrons. The predicted octanol–water partition coefficient (Wildman–Crippen LogP) is 2.35. The Balaban J connectivity index is 1.88. The fourth-order valence-electron chi connectivity index (χ4n) is 1.39. The number of nitrogens with zero attached hydrogens (tertiary/aromatic N) is 1. The van der Waals surface area contributed by atoms with Crippen molar-refractivity contribution in [3.63, 3.8) is 0 Å². The second-order valence-corrected chi connectivity index (χ2v) is 4.34. The number of rotatable bonds is 3. The first-order chi connectivity index (χ1) is 6.86. The van der Waals surface area contributed by atoms with Crippen molar-refractivity contribution in [3.8, 4) is 0 Å². The van der Waals surface area contributed by atoms with Crippen LogP contribution in [0.2, 0.25) is 0 Å². The molecule has 0 aromatic carbocycles. The Morgan fingerprint density at radius 2 is 2.57 bits per heavy atom. The molecule has 2 nitrogen and oxygen atoms in total. The lowest BCUT2D eigenvalue weighted by molar-refractivity contribution is 0.189. The molecule has 1 aliphatic heterocycles. The summed E-state index contributed by atoms with van der Waals surface area (Å²) in [7, 11) is 0. The maximum absolute atomic E-state index is 13.1. The Kier molecular flexibility index (Phi) is 3.37. The highest BCUT2D eigenvalue weighted by Gasteiger charge is 2.16. The van der Waals surface area contributed by atoms with E-state index in [4.69, 9.17) is 4.74 Å². The van der Waals surface area contributed by atoms with Crippen molar-refractivity contribution in [2.75, 3.05) is 19.0 Å². The van der Waals surface area contributed by atoms with E-state index in [0.29, 0.717) is 10.9 Å². The second-order valence-electron chi connectivity index (χ2n) is 3.33. The van der Waals surface area contributed by atoms with Gasteiger partial charge in [0.05, 0.1) is 6.61 Å². The first kappa shape index (κ1) is 9.93. The average molecular weight is 213 g/mol. The summed E-state index contributed by atoms with van der Waals surface area (Å²) >= 11 is 1.48. The van der Waals surface area contributed by atoms with E-state index in [1.54, 1.807) is 12.3 Å². The third kappa shape index (κ3) is 2.45. The topological polar surface area (TPSA) is 22.1 Å². The minimum atomic E-state index is -0.226. The Morgan fingerprint density at radius 3 is 3.29 bits per heavy atom. The summed E-state index contributed by atoms with van der Waals surface area (Å²) < 4.78 is 18.4. The van der Waals surface area contributed by atoms with E-state index in [0.717, 1.165) is 25.4 Å². The number of hydrogen-bond donors (Lipinski definition) is 0. The van der Waals surface area contributed by atoms with Gasteiger partial charge in [0.15, 0.2) is 5.82 Å². The summed E-state index contributed by atoms with van der Waals surface area (Å²) in [5.41, 5.74) is 0. The molecule has 2 heterocycles. The van der Waals surface area contributed by atoms with E-state index >= 15 is 0 Å². The Bertz CT molecular complexity index is 302. The first-order valence-electron chi connectivity index (χ1n) is 4.67. The zero-order chi connectivity index (χ0) is 9.80. The molecule has 0 spiro atoms. The van der Waals surface area contributed by atoms with Gasteiger partial charge in [0, 0.05) is 18.6 Å². The second kappa shape index (κ2) is 4.75. The van der Waals surface area contributed by atoms with Gasteiger partial charge in [-0.3, -0.25) is 0 Å². The fraction of sp³-hybridized carbons (Fsp3) is 0.500. The quantitative estimate of drug-likeness (QED) is 0.719. The van der Waals surface area contributed by atoms with Gasteiger partial charge in [-0.25, -0.2) is 9.37 Å². The van der Waals surface area contributed by atoms with Crippen LogP contribution in [0.3, 0.4) is 0 Å². The van der Waals surface area contributed by atoms with Gasteiger partial charge in [0.2, 0.25) is 0 Å². The van der Waals surface area contributed by atoms with Crippen molar-refractivity contribution in [2.24, 2.45) is 5.92 Å². The summed E-state index contributed by atoms with van der Waals surface area (Å²) in [6.45, 7) is 1.65. The standard InChI is InChI=1S/C10H12FNOS/c11-9-2-1-4-12-10(9)14-7-8-3-5-13-6-8/h1-2,4,8H,3,5-7H2/t8-/m1/s1. The lowest BCUT2D eigenvalue weighted by Gasteiger charge is -2.06. The molecule has 0 saturated carbocycles. The summed E-state index contributed by atoms with van der Waals surface area (Å²) in [5, 5.41) is 0.499. The van der Waals surface area contributed by atoms with Gasteiger partial charge in [-0.2, -0.15) is 0 Å². The van der Waals surface area contributed by atoms with E-state index in [1.807, 2.05) is 0 Å². The highest BCUT2D eigenvalue weighted by atomic mass is 32.2. The molecular formula is C10H12FNOS. The Hall–Kier alpha value is -0.610. The third-order valence-corrected chi connectivity index (χ3v) is 3.42. The average Bonchev–Trinajstić information content (AvgIpc) is 2.69. The minimum Gasteiger partial charge on any atom is -0.381 e. The van der Waals surface area contributed by atoms with Crippen molar-refractivity contribution in [1.82, 2.24) is 4.98 Å². The fourth-order valence-corrected chi connectivity index (χ4v) is 2.39. The highest BCUT2D eigenvalue weighted by molar-refractivity contribution is 7.99. The molecule has 1 aromatic heterocycles. The number of hydrogen-bond acceptors (Lipinski definition) is 3. The predicted molar refractivity (Wildman–Crippen MR) is 53.8 cm³/mol. The highest BCUT2D eigenvalue weighted by Crippen LogP contribution is 2.24. The molecule has 1 fully saturated rings. The molecule has 1 aromatic rings. The largest absolute Gasteiger partial charge is 0.381 e. The molecule has 0 aliphatic carbocycles. The van der Waals surface area contributed by atoms with E-state index < -0.39 is 0 Å². The molecule has 4 heteroatoms. The molecule has 0 unspecified atom stereocenters. The van der Waals surface area contributed by atoms with Gasteiger partial charge in [0.25, 0.3) is 0 Å². The molecule has 0 bridgehead atoms. The van der Waals surface area contributed by atoms with E-state index in [1.165, 1.54) is 17.8 Å². The van der Waals surface area contributed by atoms with Gasteiger partial charge in [-0.1, -0.05) is 0 Å². The number of pyridine rings is 1. The smallest absolute Gasteiger partial charge is 0.155 e.